The highest BCUT2D eigenvalue weighted by Gasteiger charge is 2.32. The Morgan fingerprint density at radius 3 is 2.22 bits per heavy atom. The average Bonchev–Trinajstić information content (AvgIpc) is 3.05. The van der Waals surface area contributed by atoms with Crippen LogP contribution in [0, 0.1) is 23.3 Å². The lowest BCUT2D eigenvalue weighted by Crippen LogP contribution is -2.49. The molecule has 1 aromatic heterocycles. The Balaban J connectivity index is 1.70. The fraction of sp³-hybridized carbons (Fsp3) is 0.381. The van der Waals surface area contributed by atoms with Crippen molar-refractivity contribution in [2.75, 3.05) is 25.0 Å². The third-order valence-electron chi connectivity index (χ3n) is 5.45. The van der Waals surface area contributed by atoms with E-state index in [1.807, 2.05) is 0 Å². The van der Waals surface area contributed by atoms with Crippen LogP contribution in [0.1, 0.15) is 30.3 Å². The van der Waals surface area contributed by atoms with E-state index in [4.69, 9.17) is 0 Å². The molecule has 1 aliphatic heterocycles. The van der Waals surface area contributed by atoms with E-state index in [1.54, 1.807) is 6.92 Å². The SMILES string of the molecule is CCNC(=O)C(=O)N1CCC(NS(=O)c2c(F)c(C(=O)Nc3cc(F)c(F)c(F)c3)n(C)c2Br)CC1. The fourth-order valence-corrected chi connectivity index (χ4v) is 5.61. The Hall–Kier alpha value is -2.78. The van der Waals surface area contributed by atoms with Crippen LogP contribution >= 0.6 is 15.9 Å². The molecular formula is C21H22BrF4N5O4S. The molecule has 0 radical (unpaired) electrons. The fourth-order valence-electron chi connectivity index (χ4n) is 3.61. The summed E-state index contributed by atoms with van der Waals surface area (Å²) >= 11 is 3.11. The molecular weight excluding hydrogens is 574 g/mol. The number of nitrogens with zero attached hydrogens (tertiary/aromatic N) is 2. The molecule has 1 aliphatic rings. The van der Waals surface area contributed by atoms with Crippen molar-refractivity contribution in [1.29, 1.82) is 0 Å². The van der Waals surface area contributed by atoms with Gasteiger partial charge in [-0.25, -0.2) is 26.5 Å². The third-order valence-corrected chi connectivity index (χ3v) is 7.94. The maximum Gasteiger partial charge on any atom is 0.311 e. The van der Waals surface area contributed by atoms with Crippen molar-refractivity contribution in [3.05, 3.63) is 45.7 Å². The number of carbonyl (C=O) groups excluding carboxylic acids is 3. The molecule has 9 nitrogen and oxygen atoms in total. The summed E-state index contributed by atoms with van der Waals surface area (Å²) < 4.78 is 72.0. The number of piperidine rings is 1. The molecule has 2 heterocycles. The van der Waals surface area contributed by atoms with Gasteiger partial charge in [-0.3, -0.25) is 14.4 Å². The first-order chi connectivity index (χ1) is 17.0. The summed E-state index contributed by atoms with van der Waals surface area (Å²) in [6.07, 6.45) is 0.690. The molecule has 2 aromatic rings. The molecule has 15 heteroatoms. The van der Waals surface area contributed by atoms with Crippen molar-refractivity contribution in [3.63, 3.8) is 0 Å². The van der Waals surface area contributed by atoms with Crippen LogP contribution in [0.2, 0.25) is 0 Å². The van der Waals surface area contributed by atoms with Gasteiger partial charge in [0.25, 0.3) is 5.91 Å². The van der Waals surface area contributed by atoms with Crippen LogP contribution in [0.25, 0.3) is 0 Å². The number of nitrogens with one attached hydrogen (secondary N) is 3. The predicted octanol–water partition coefficient (Wildman–Crippen LogP) is 2.34. The molecule has 1 unspecified atom stereocenters. The first kappa shape index (κ1) is 27.8. The number of anilines is 1. The average molecular weight is 596 g/mol. The number of rotatable bonds is 6. The molecule has 36 heavy (non-hydrogen) atoms. The van der Waals surface area contributed by atoms with E-state index < -0.39 is 63.4 Å². The summed E-state index contributed by atoms with van der Waals surface area (Å²) in [5, 5.41) is 4.52. The standard InChI is InChI=1S/C21H22BrF4N5O4S/c1-3-27-20(33)21(34)31-6-4-10(5-7-31)29-36(35)17-15(26)16(30(2)18(17)22)19(32)28-11-8-12(23)14(25)13(24)9-11/h8-10,29H,3-7H2,1-2H3,(H,27,33)(H,28,32). The molecule has 3 N–H and O–H groups in total. The van der Waals surface area contributed by atoms with E-state index in [-0.39, 0.29) is 28.6 Å². The van der Waals surface area contributed by atoms with Crippen LogP contribution in [-0.4, -0.2) is 57.1 Å². The summed E-state index contributed by atoms with van der Waals surface area (Å²) in [4.78, 5) is 37.4. The van der Waals surface area contributed by atoms with Gasteiger partial charge in [-0.15, -0.1) is 0 Å². The molecule has 3 amide bonds. The van der Waals surface area contributed by atoms with Crippen molar-refractivity contribution in [2.24, 2.45) is 7.05 Å². The Morgan fingerprint density at radius 1 is 1.08 bits per heavy atom. The molecule has 3 rings (SSSR count). The monoisotopic (exact) mass is 595 g/mol. The van der Waals surface area contributed by atoms with Crippen LogP contribution < -0.4 is 15.4 Å². The zero-order chi connectivity index (χ0) is 26.7. The lowest BCUT2D eigenvalue weighted by atomic mass is 10.1. The van der Waals surface area contributed by atoms with Crippen molar-refractivity contribution in [2.45, 2.75) is 30.7 Å². The van der Waals surface area contributed by atoms with E-state index in [0.717, 1.165) is 4.57 Å². The normalized spacial score (nSPS) is 15.0. The van der Waals surface area contributed by atoms with Crippen LogP contribution in [0.4, 0.5) is 23.2 Å². The highest BCUT2D eigenvalue weighted by atomic mass is 79.9. The van der Waals surface area contributed by atoms with Crippen molar-refractivity contribution >= 4 is 50.3 Å². The Labute approximate surface area is 214 Å². The Bertz CT molecular complexity index is 1210. The number of benzene rings is 1. The minimum Gasteiger partial charge on any atom is -0.348 e. The lowest BCUT2D eigenvalue weighted by molar-refractivity contribution is -0.146. The van der Waals surface area contributed by atoms with Crippen LogP contribution in [0.3, 0.4) is 0 Å². The number of hydrogen-bond donors (Lipinski definition) is 3. The van der Waals surface area contributed by atoms with Gasteiger partial charge in [0.05, 0.1) is 0 Å². The van der Waals surface area contributed by atoms with Crippen molar-refractivity contribution < 1.29 is 36.2 Å². The predicted molar refractivity (Wildman–Crippen MR) is 125 cm³/mol. The third kappa shape index (κ3) is 5.78. The molecule has 196 valence electrons. The van der Waals surface area contributed by atoms with Gasteiger partial charge in [-0.05, 0) is 35.7 Å². The number of halogens is 5. The smallest absolute Gasteiger partial charge is 0.311 e. The summed E-state index contributed by atoms with van der Waals surface area (Å²) in [6.45, 7) is 2.45. The van der Waals surface area contributed by atoms with Crippen LogP contribution in [0.15, 0.2) is 21.6 Å². The summed E-state index contributed by atoms with van der Waals surface area (Å²) in [5.41, 5.74) is -1.03. The van der Waals surface area contributed by atoms with E-state index in [0.29, 0.717) is 31.5 Å². The zero-order valence-electron chi connectivity index (χ0n) is 19.1. The second-order valence-electron chi connectivity index (χ2n) is 7.86. The van der Waals surface area contributed by atoms with Gasteiger partial charge < -0.3 is 20.1 Å². The number of amides is 3. The Kier molecular flexibility index (Phi) is 8.89. The van der Waals surface area contributed by atoms with Gasteiger partial charge in [-0.1, -0.05) is 0 Å². The van der Waals surface area contributed by atoms with E-state index in [9.17, 15) is 31.8 Å². The number of likely N-dealkylation sites (tertiary alicyclic amines) is 1. The minimum absolute atomic E-state index is 0.0173. The molecule has 1 saturated heterocycles. The molecule has 0 saturated carbocycles. The second kappa shape index (κ2) is 11.5. The van der Waals surface area contributed by atoms with Gasteiger partial charge in [-0.2, -0.15) is 0 Å². The Morgan fingerprint density at radius 2 is 1.67 bits per heavy atom. The van der Waals surface area contributed by atoms with E-state index in [1.165, 1.54) is 11.9 Å². The summed E-state index contributed by atoms with van der Waals surface area (Å²) in [7, 11) is -0.820. The van der Waals surface area contributed by atoms with Gasteiger partial charge >= 0.3 is 11.8 Å². The molecule has 0 bridgehead atoms. The minimum atomic E-state index is -2.13. The molecule has 1 atom stereocenters. The van der Waals surface area contributed by atoms with Crippen LogP contribution in [0.5, 0.6) is 0 Å². The number of carbonyl (C=O) groups is 3. The maximum atomic E-state index is 15.2. The molecule has 0 spiro atoms. The van der Waals surface area contributed by atoms with Crippen molar-refractivity contribution in [1.82, 2.24) is 19.5 Å². The highest BCUT2D eigenvalue weighted by Crippen LogP contribution is 2.30. The topological polar surface area (TPSA) is 113 Å². The van der Waals surface area contributed by atoms with E-state index in [2.05, 4.69) is 31.3 Å². The highest BCUT2D eigenvalue weighted by molar-refractivity contribution is 9.10. The summed E-state index contributed by atoms with van der Waals surface area (Å²) in [6, 6.07) is 0.698. The molecule has 1 fully saturated rings. The lowest BCUT2D eigenvalue weighted by Gasteiger charge is -2.31. The summed E-state index contributed by atoms with van der Waals surface area (Å²) in [5.74, 6) is -8.42. The second-order valence-corrected chi connectivity index (χ2v) is 9.79. The first-order valence-corrected chi connectivity index (χ1v) is 12.6. The van der Waals surface area contributed by atoms with Crippen molar-refractivity contribution in [3.8, 4) is 0 Å². The maximum absolute atomic E-state index is 15.2. The van der Waals surface area contributed by atoms with Gasteiger partial charge in [0.2, 0.25) is 0 Å². The number of aromatic nitrogens is 1. The number of hydrogen-bond acceptors (Lipinski definition) is 4. The zero-order valence-corrected chi connectivity index (χ0v) is 21.5. The molecule has 1 aromatic carbocycles. The van der Waals surface area contributed by atoms with Crippen LogP contribution in [-0.2, 0) is 27.6 Å². The van der Waals surface area contributed by atoms with Gasteiger partial charge in [0, 0.05) is 50.5 Å². The van der Waals surface area contributed by atoms with Gasteiger partial charge in [0.15, 0.2) is 23.3 Å². The molecule has 0 aliphatic carbocycles. The quantitative estimate of drug-likeness (QED) is 0.270. The number of likely N-dealkylation sites (N-methyl/N-ethyl adjacent to an activating group) is 1. The van der Waals surface area contributed by atoms with E-state index >= 15 is 4.39 Å². The first-order valence-electron chi connectivity index (χ1n) is 10.7. The van der Waals surface area contributed by atoms with Gasteiger partial charge in [0.1, 0.15) is 26.2 Å². The largest absolute Gasteiger partial charge is 0.348 e.